The van der Waals surface area contributed by atoms with E-state index in [-0.39, 0.29) is 0 Å². The summed E-state index contributed by atoms with van der Waals surface area (Å²) in [5.74, 6) is 2.43. The van der Waals surface area contributed by atoms with Crippen LogP contribution in [0.1, 0.15) is 18.3 Å². The van der Waals surface area contributed by atoms with Gasteiger partial charge >= 0.3 is 0 Å². The van der Waals surface area contributed by atoms with Crippen LogP contribution in [0.15, 0.2) is 48.5 Å². The molecule has 2 aromatic carbocycles. The summed E-state index contributed by atoms with van der Waals surface area (Å²) in [6.07, 6.45) is 0.832. The van der Waals surface area contributed by atoms with Gasteiger partial charge in [0.15, 0.2) is 5.82 Å². The highest BCUT2D eigenvalue weighted by Gasteiger charge is 2.12. The van der Waals surface area contributed by atoms with Crippen molar-refractivity contribution in [1.29, 1.82) is 0 Å². The van der Waals surface area contributed by atoms with Gasteiger partial charge in [0, 0.05) is 12.0 Å². The molecule has 0 aliphatic carbocycles. The summed E-state index contributed by atoms with van der Waals surface area (Å²) >= 11 is 0. The van der Waals surface area contributed by atoms with E-state index < -0.39 is 0 Å². The Hall–Kier alpha value is -2.75. The zero-order chi connectivity index (χ0) is 15.1. The third-order valence-electron chi connectivity index (χ3n) is 3.87. The van der Waals surface area contributed by atoms with Crippen LogP contribution in [-0.2, 0) is 6.42 Å². The van der Waals surface area contributed by atoms with E-state index >= 15 is 0 Å². The zero-order valence-corrected chi connectivity index (χ0v) is 12.6. The van der Waals surface area contributed by atoms with Crippen molar-refractivity contribution in [2.75, 3.05) is 0 Å². The first kappa shape index (κ1) is 13.0. The Kier molecular flexibility index (Phi) is 2.89. The number of aromatic nitrogens is 4. The van der Waals surface area contributed by atoms with Crippen molar-refractivity contribution >= 4 is 16.8 Å². The average Bonchev–Trinajstić information content (AvgIpc) is 2.93. The van der Waals surface area contributed by atoms with Crippen molar-refractivity contribution in [2.45, 2.75) is 20.3 Å². The molecule has 0 unspecified atom stereocenters. The minimum atomic E-state index is 0.712. The summed E-state index contributed by atoms with van der Waals surface area (Å²) in [4.78, 5) is 14.1. The Morgan fingerprint density at radius 2 is 1.68 bits per heavy atom. The van der Waals surface area contributed by atoms with E-state index in [1.54, 1.807) is 0 Å². The van der Waals surface area contributed by atoms with Gasteiger partial charge in [-0.1, -0.05) is 48.9 Å². The topological polar surface area (TPSA) is 43.1 Å². The van der Waals surface area contributed by atoms with Crippen LogP contribution in [0.25, 0.3) is 28.2 Å². The lowest BCUT2D eigenvalue weighted by atomic mass is 10.1. The van der Waals surface area contributed by atoms with Crippen LogP contribution in [0, 0.1) is 6.92 Å². The Morgan fingerprint density at radius 1 is 0.909 bits per heavy atom. The first-order chi connectivity index (χ1) is 10.8. The molecule has 0 saturated carbocycles. The maximum atomic E-state index is 4.75. The number of aryl methyl sites for hydroxylation is 2. The molecule has 4 aromatic rings. The Labute approximate surface area is 128 Å². The van der Waals surface area contributed by atoms with Gasteiger partial charge in [0.2, 0.25) is 5.78 Å². The third kappa shape index (κ3) is 1.96. The van der Waals surface area contributed by atoms with Crippen molar-refractivity contribution in [1.82, 2.24) is 19.4 Å². The molecule has 0 bridgehead atoms. The maximum absolute atomic E-state index is 4.75. The zero-order valence-electron chi connectivity index (χ0n) is 12.6. The minimum absolute atomic E-state index is 0.712. The monoisotopic (exact) mass is 288 g/mol. The lowest BCUT2D eigenvalue weighted by molar-refractivity contribution is 0.885. The highest BCUT2D eigenvalue weighted by Crippen LogP contribution is 2.21. The Morgan fingerprint density at radius 3 is 2.45 bits per heavy atom. The van der Waals surface area contributed by atoms with E-state index in [1.807, 2.05) is 22.6 Å². The van der Waals surface area contributed by atoms with Gasteiger partial charge in [-0.25, -0.2) is 9.97 Å². The second-order valence-corrected chi connectivity index (χ2v) is 5.42. The molecule has 2 heterocycles. The number of fused-ring (bicyclic) bond motifs is 3. The average molecular weight is 288 g/mol. The van der Waals surface area contributed by atoms with E-state index in [0.717, 1.165) is 34.7 Å². The largest absolute Gasteiger partial charge is 0.264 e. The van der Waals surface area contributed by atoms with Crippen molar-refractivity contribution in [3.63, 3.8) is 0 Å². The van der Waals surface area contributed by atoms with Crippen molar-refractivity contribution < 1.29 is 0 Å². The van der Waals surface area contributed by atoms with E-state index in [0.29, 0.717) is 5.78 Å². The number of para-hydroxylation sites is 2. The van der Waals surface area contributed by atoms with Crippen LogP contribution in [0.3, 0.4) is 0 Å². The van der Waals surface area contributed by atoms with E-state index in [1.165, 1.54) is 5.56 Å². The number of benzene rings is 2. The summed E-state index contributed by atoms with van der Waals surface area (Å²) < 4.78 is 2.05. The lowest BCUT2D eigenvalue weighted by Gasteiger charge is -2.06. The molecule has 0 N–H and O–H groups in total. The summed E-state index contributed by atoms with van der Waals surface area (Å²) in [6, 6.07) is 16.4. The smallest absolute Gasteiger partial charge is 0.238 e. The number of rotatable bonds is 2. The van der Waals surface area contributed by atoms with Gasteiger partial charge in [-0.15, -0.1) is 0 Å². The predicted molar refractivity (Wildman–Crippen MR) is 87.8 cm³/mol. The van der Waals surface area contributed by atoms with Crippen LogP contribution in [-0.4, -0.2) is 19.4 Å². The summed E-state index contributed by atoms with van der Waals surface area (Å²) in [7, 11) is 0. The molecule has 108 valence electrons. The molecule has 4 rings (SSSR count). The summed E-state index contributed by atoms with van der Waals surface area (Å²) in [6.45, 7) is 4.18. The number of nitrogens with zero attached hydrogens (tertiary/aromatic N) is 4. The number of hydrogen-bond donors (Lipinski definition) is 0. The molecule has 0 radical (unpaired) electrons. The van der Waals surface area contributed by atoms with E-state index in [9.17, 15) is 0 Å². The summed E-state index contributed by atoms with van der Waals surface area (Å²) in [5, 5.41) is 0. The first-order valence-corrected chi connectivity index (χ1v) is 7.47. The highest BCUT2D eigenvalue weighted by molar-refractivity contribution is 5.80. The van der Waals surface area contributed by atoms with Crippen molar-refractivity contribution in [3.05, 3.63) is 59.9 Å². The fraction of sp³-hybridized carbons (Fsp3) is 0.167. The van der Waals surface area contributed by atoms with E-state index in [2.05, 4.69) is 54.1 Å². The van der Waals surface area contributed by atoms with Gasteiger partial charge in [0.1, 0.15) is 5.82 Å². The molecular weight excluding hydrogens is 272 g/mol. The van der Waals surface area contributed by atoms with Crippen LogP contribution in [0.2, 0.25) is 0 Å². The lowest BCUT2D eigenvalue weighted by Crippen LogP contribution is -2.04. The van der Waals surface area contributed by atoms with Crippen molar-refractivity contribution in [3.8, 4) is 11.4 Å². The van der Waals surface area contributed by atoms with Gasteiger partial charge in [-0.05, 0) is 19.1 Å². The predicted octanol–water partition coefficient (Wildman–Crippen LogP) is 3.82. The first-order valence-electron chi connectivity index (χ1n) is 7.47. The Balaban J connectivity index is 2.02. The molecule has 0 atom stereocenters. The second-order valence-electron chi connectivity index (χ2n) is 5.42. The molecule has 0 fully saturated rings. The van der Waals surface area contributed by atoms with Crippen LogP contribution < -0.4 is 0 Å². The molecule has 4 nitrogen and oxygen atoms in total. The standard InChI is InChI=1S/C18H16N4/c1-3-16-20-17(13-10-8-12(2)9-11-13)21-18-19-14-6-4-5-7-15(14)22(16)18/h4-11H,3H2,1-2H3. The molecule has 0 spiro atoms. The molecule has 0 aliphatic heterocycles. The fourth-order valence-corrected chi connectivity index (χ4v) is 2.70. The summed E-state index contributed by atoms with van der Waals surface area (Å²) in [5.41, 5.74) is 4.26. The Bertz CT molecular complexity index is 968. The fourth-order valence-electron chi connectivity index (χ4n) is 2.70. The molecule has 2 aromatic heterocycles. The van der Waals surface area contributed by atoms with Gasteiger partial charge in [0.05, 0.1) is 11.0 Å². The van der Waals surface area contributed by atoms with E-state index in [4.69, 9.17) is 4.98 Å². The van der Waals surface area contributed by atoms with Gasteiger partial charge < -0.3 is 0 Å². The molecule has 0 aliphatic rings. The van der Waals surface area contributed by atoms with Crippen LogP contribution >= 0.6 is 0 Å². The number of imidazole rings is 1. The third-order valence-corrected chi connectivity index (χ3v) is 3.87. The molecule has 22 heavy (non-hydrogen) atoms. The molecule has 0 saturated heterocycles. The molecular formula is C18H16N4. The molecule has 0 amide bonds. The van der Waals surface area contributed by atoms with Crippen molar-refractivity contribution in [2.24, 2.45) is 0 Å². The maximum Gasteiger partial charge on any atom is 0.238 e. The second kappa shape index (κ2) is 4.91. The minimum Gasteiger partial charge on any atom is -0.264 e. The van der Waals surface area contributed by atoms with Gasteiger partial charge in [0.25, 0.3) is 0 Å². The highest BCUT2D eigenvalue weighted by atomic mass is 15.2. The SMILES string of the molecule is CCc1nc(-c2ccc(C)cc2)nc2nc3ccccc3n12. The van der Waals surface area contributed by atoms with Crippen LogP contribution in [0.4, 0.5) is 0 Å². The molecule has 4 heteroatoms. The normalized spacial score (nSPS) is 11.4. The van der Waals surface area contributed by atoms with Gasteiger partial charge in [-0.2, -0.15) is 4.98 Å². The van der Waals surface area contributed by atoms with Gasteiger partial charge in [-0.3, -0.25) is 4.40 Å². The van der Waals surface area contributed by atoms with Crippen LogP contribution in [0.5, 0.6) is 0 Å². The quantitative estimate of drug-likeness (QED) is 0.563. The number of hydrogen-bond acceptors (Lipinski definition) is 3.